The molecule has 2 aliphatic heterocycles. The van der Waals surface area contributed by atoms with Crippen molar-refractivity contribution in [1.82, 2.24) is 41.1 Å². The van der Waals surface area contributed by atoms with Crippen LogP contribution in [0.5, 0.6) is 0 Å². The van der Waals surface area contributed by atoms with Gasteiger partial charge in [-0.15, -0.1) is 0 Å². The molecule has 23 nitrogen and oxygen atoms in total. The van der Waals surface area contributed by atoms with Crippen LogP contribution in [0.4, 0.5) is 32.5 Å². The van der Waals surface area contributed by atoms with E-state index in [0.29, 0.717) is 80.2 Å². The van der Waals surface area contributed by atoms with Crippen LogP contribution in [0.3, 0.4) is 0 Å². The number of rotatable bonds is 24. The van der Waals surface area contributed by atoms with E-state index in [1.54, 1.807) is 74.8 Å². The van der Waals surface area contributed by atoms with Crippen molar-refractivity contribution in [1.29, 1.82) is 0 Å². The third-order valence-corrected chi connectivity index (χ3v) is 11.7. The summed E-state index contributed by atoms with van der Waals surface area (Å²) in [5, 5.41) is 16.3. The number of benzene rings is 2. The number of hydrogen-bond acceptors (Lipinski definition) is 15. The molecule has 0 aliphatic carbocycles. The molecule has 0 saturated carbocycles. The molecule has 2 aliphatic rings. The number of morpholine rings is 1. The van der Waals surface area contributed by atoms with Crippen molar-refractivity contribution < 1.29 is 47.8 Å². The number of amides is 9. The molecule has 2 atom stereocenters. The number of alkyl carbamates (subject to hydrolysis) is 1. The number of nitrogens with one attached hydrogen (secondary N) is 6. The zero-order valence-corrected chi connectivity index (χ0v) is 40.7. The van der Waals surface area contributed by atoms with E-state index >= 15 is 0 Å². The average molecular weight is 1000 g/mol. The highest BCUT2D eigenvalue weighted by Gasteiger charge is 2.29. The second-order valence-electron chi connectivity index (χ2n) is 17.5. The number of primary amides is 1. The Labute approximate surface area is 421 Å². The molecule has 73 heavy (non-hydrogen) atoms. The average Bonchev–Trinajstić information content (AvgIpc) is 3.70. The van der Waals surface area contributed by atoms with Gasteiger partial charge in [0.25, 0.3) is 17.7 Å². The standard InChI is InChI=1S/C50H61N13O10/c1-31(2)43(61-40(64)8-4-3-5-22-63-41(65)17-18-42(63)66)47(68)59-36(7-6-20-54-49(52)70)46(67)57-35-15-11-33(12-16-35)30-73-50(71)56-27-32-9-13-34(14-10-32)37-29-55-45(51)44(58-37)48(69)60-38-28-53-21-19-39(38)62-23-25-72-26-24-62/h9-19,21,28-29,31,36,43H,3-8,20,22-27,30H2,1-2H3,(H2,51,55)(H,56,71)(H,57,67)(H,59,68)(H,60,69)(H,61,64)(H3,52,54,70)/t36-,43?/m0/s1. The molecule has 4 heterocycles. The Morgan fingerprint density at radius 3 is 2.22 bits per heavy atom. The highest BCUT2D eigenvalue weighted by molar-refractivity contribution is 6.13. The van der Waals surface area contributed by atoms with E-state index in [9.17, 15) is 38.4 Å². The molecule has 2 aromatic heterocycles. The van der Waals surface area contributed by atoms with Crippen LogP contribution in [0, 0.1) is 5.92 Å². The Kier molecular flexibility index (Phi) is 19.7. The summed E-state index contributed by atoms with van der Waals surface area (Å²) in [6, 6.07) is 12.8. The molecule has 10 N–H and O–H groups in total. The molecule has 23 heteroatoms. The molecule has 0 radical (unpaired) electrons. The largest absolute Gasteiger partial charge is 0.445 e. The molecule has 1 saturated heterocycles. The van der Waals surface area contributed by atoms with Crippen LogP contribution in [0.25, 0.3) is 11.3 Å². The lowest BCUT2D eigenvalue weighted by atomic mass is 10.0. The van der Waals surface area contributed by atoms with E-state index in [2.05, 4.69) is 51.8 Å². The number of pyridine rings is 1. The zero-order valence-electron chi connectivity index (χ0n) is 40.7. The number of carbonyl (C=O) groups excluding carboxylic acids is 8. The van der Waals surface area contributed by atoms with Crippen LogP contribution < -0.4 is 48.3 Å². The van der Waals surface area contributed by atoms with Crippen molar-refractivity contribution in [3.05, 3.63) is 102 Å². The third-order valence-electron chi connectivity index (χ3n) is 11.7. The molecule has 4 aromatic rings. The number of anilines is 4. The van der Waals surface area contributed by atoms with E-state index < -0.39 is 41.9 Å². The van der Waals surface area contributed by atoms with Crippen molar-refractivity contribution in [3.63, 3.8) is 0 Å². The summed E-state index contributed by atoms with van der Waals surface area (Å²) in [5.74, 6) is -3.11. The third kappa shape index (κ3) is 16.3. The van der Waals surface area contributed by atoms with Gasteiger partial charge >= 0.3 is 12.1 Å². The van der Waals surface area contributed by atoms with E-state index in [-0.39, 0.29) is 74.2 Å². The Hall–Kier alpha value is -8.47. The summed E-state index contributed by atoms with van der Waals surface area (Å²) in [6.45, 7) is 6.48. The summed E-state index contributed by atoms with van der Waals surface area (Å²) < 4.78 is 10.9. The SMILES string of the molecule is CC(C)C(NC(=O)CCCCCN1C(=O)C=CC1=O)C(=O)N[C@@H](CCCNC(N)=O)C(=O)Nc1ccc(COC(=O)NCc2ccc(-c3cnc(N)c(C(=O)Nc4cnccc4N4CCOCC4)n3)cc2)cc1. The van der Waals surface area contributed by atoms with Gasteiger partial charge in [0, 0.05) is 68.7 Å². The van der Waals surface area contributed by atoms with Crippen molar-refractivity contribution in [2.45, 2.75) is 77.6 Å². The molecule has 1 fully saturated rings. The van der Waals surface area contributed by atoms with E-state index in [4.69, 9.17) is 20.9 Å². The van der Waals surface area contributed by atoms with Crippen LogP contribution in [0.15, 0.2) is 85.3 Å². The lowest BCUT2D eigenvalue weighted by Crippen LogP contribution is -2.54. The lowest BCUT2D eigenvalue weighted by Gasteiger charge is -2.30. The predicted octanol–water partition coefficient (Wildman–Crippen LogP) is 3.13. The number of urea groups is 1. The maximum absolute atomic E-state index is 13.6. The maximum atomic E-state index is 13.6. The zero-order chi connectivity index (χ0) is 52.3. The summed E-state index contributed by atoms with van der Waals surface area (Å²) in [6.07, 6.45) is 8.57. The molecule has 0 spiro atoms. The Balaban J connectivity index is 0.950. The van der Waals surface area contributed by atoms with Crippen molar-refractivity contribution in [2.24, 2.45) is 11.7 Å². The van der Waals surface area contributed by atoms with E-state index in [1.807, 2.05) is 6.07 Å². The monoisotopic (exact) mass is 1000 g/mol. The number of hydrogen-bond donors (Lipinski definition) is 8. The van der Waals surface area contributed by atoms with Crippen LogP contribution in [0.2, 0.25) is 0 Å². The quantitative estimate of drug-likeness (QED) is 0.0369. The van der Waals surface area contributed by atoms with Gasteiger partial charge in [-0.1, -0.05) is 56.7 Å². The maximum Gasteiger partial charge on any atom is 0.407 e. The topological polar surface area (TPSA) is 324 Å². The van der Waals surface area contributed by atoms with Crippen LogP contribution in [-0.2, 0) is 46.6 Å². The van der Waals surface area contributed by atoms with Gasteiger partial charge in [0.2, 0.25) is 17.7 Å². The van der Waals surface area contributed by atoms with Crippen LogP contribution >= 0.6 is 0 Å². The first-order chi connectivity index (χ1) is 35.1. The van der Waals surface area contributed by atoms with Crippen molar-refractivity contribution in [2.75, 3.05) is 60.7 Å². The number of aromatic nitrogens is 3. The van der Waals surface area contributed by atoms with Crippen molar-refractivity contribution >= 4 is 70.4 Å². The molecule has 2 aromatic carbocycles. The smallest absolute Gasteiger partial charge is 0.407 e. The van der Waals surface area contributed by atoms with Crippen LogP contribution in [-0.4, -0.2) is 119 Å². The number of ether oxygens (including phenoxy) is 2. The van der Waals surface area contributed by atoms with Gasteiger partial charge in [-0.2, -0.15) is 0 Å². The van der Waals surface area contributed by atoms with Gasteiger partial charge < -0.3 is 57.7 Å². The Morgan fingerprint density at radius 1 is 0.808 bits per heavy atom. The summed E-state index contributed by atoms with van der Waals surface area (Å²) in [5.41, 5.74) is 15.4. The second-order valence-corrected chi connectivity index (χ2v) is 17.5. The van der Waals surface area contributed by atoms with Gasteiger partial charge in [0.05, 0.1) is 42.7 Å². The van der Waals surface area contributed by atoms with Gasteiger partial charge in [0.1, 0.15) is 18.7 Å². The number of unbranched alkanes of at least 4 members (excludes halogenated alkanes) is 2. The molecular weight excluding hydrogens is 943 g/mol. The minimum absolute atomic E-state index is 0.0353. The Morgan fingerprint density at radius 2 is 1.52 bits per heavy atom. The molecule has 0 bridgehead atoms. The van der Waals surface area contributed by atoms with E-state index in [1.165, 1.54) is 18.3 Å². The minimum atomic E-state index is -1.06. The molecule has 1 unspecified atom stereocenters. The highest BCUT2D eigenvalue weighted by atomic mass is 16.5. The van der Waals surface area contributed by atoms with Gasteiger partial charge in [-0.05, 0) is 60.9 Å². The highest BCUT2D eigenvalue weighted by Crippen LogP contribution is 2.27. The summed E-state index contributed by atoms with van der Waals surface area (Å²) in [7, 11) is 0. The first kappa shape index (κ1) is 53.9. The fourth-order valence-corrected chi connectivity index (χ4v) is 7.74. The fourth-order valence-electron chi connectivity index (χ4n) is 7.74. The van der Waals surface area contributed by atoms with Gasteiger partial charge in [-0.25, -0.2) is 19.6 Å². The molecular formula is C50H61N13O10. The summed E-state index contributed by atoms with van der Waals surface area (Å²) in [4.78, 5) is 117. The number of imide groups is 1. The lowest BCUT2D eigenvalue weighted by molar-refractivity contribution is -0.137. The first-order valence-corrected chi connectivity index (χ1v) is 23.9. The molecule has 6 rings (SSSR count). The molecule has 9 amide bonds. The normalized spacial score (nSPS) is 14.0. The molecule has 386 valence electrons. The number of carbonyl (C=O) groups is 8. The van der Waals surface area contributed by atoms with E-state index in [0.717, 1.165) is 16.2 Å². The summed E-state index contributed by atoms with van der Waals surface area (Å²) >= 11 is 0. The second kappa shape index (κ2) is 26.7. The number of nitrogen functional groups attached to an aromatic ring is 1. The Bertz CT molecular complexity index is 2620. The van der Waals surface area contributed by atoms with Gasteiger partial charge in [-0.3, -0.25) is 38.7 Å². The van der Waals surface area contributed by atoms with Crippen molar-refractivity contribution in [3.8, 4) is 11.3 Å². The number of nitrogens with two attached hydrogens (primary N) is 2. The van der Waals surface area contributed by atoms with Crippen LogP contribution in [0.1, 0.15) is 74.0 Å². The first-order valence-electron chi connectivity index (χ1n) is 23.9. The fraction of sp³-hybridized carbons (Fsp3) is 0.380. The predicted molar refractivity (Wildman–Crippen MR) is 269 cm³/mol. The number of nitrogens with zero attached hydrogens (tertiary/aromatic N) is 5. The minimum Gasteiger partial charge on any atom is -0.445 e. The van der Waals surface area contributed by atoms with Gasteiger partial charge in [0.15, 0.2) is 11.5 Å².